The summed E-state index contributed by atoms with van der Waals surface area (Å²) in [4.78, 5) is 2.58. The van der Waals surface area contributed by atoms with Crippen molar-refractivity contribution in [1.82, 2.24) is 10.2 Å². The first kappa shape index (κ1) is 14.8. The summed E-state index contributed by atoms with van der Waals surface area (Å²) >= 11 is 6.07. The second-order valence-electron chi connectivity index (χ2n) is 5.52. The maximum absolute atomic E-state index is 6.07. The summed E-state index contributed by atoms with van der Waals surface area (Å²) in [6, 6.07) is 8.59. The molecular formula is C16H25ClN2. The second-order valence-corrected chi connectivity index (χ2v) is 5.96. The van der Waals surface area contributed by atoms with Crippen LogP contribution in [-0.2, 0) is 0 Å². The zero-order chi connectivity index (χ0) is 13.7. The van der Waals surface area contributed by atoms with Gasteiger partial charge in [0.1, 0.15) is 0 Å². The lowest BCUT2D eigenvalue weighted by molar-refractivity contribution is 0.261. The number of rotatable bonds is 8. The number of halogens is 1. The summed E-state index contributed by atoms with van der Waals surface area (Å²) < 4.78 is 0. The molecule has 1 saturated carbocycles. The molecule has 0 spiro atoms. The second kappa shape index (κ2) is 7.28. The molecule has 1 aliphatic rings. The van der Waals surface area contributed by atoms with E-state index in [0.29, 0.717) is 6.04 Å². The van der Waals surface area contributed by atoms with Crippen LogP contribution in [0, 0.1) is 5.92 Å². The first-order chi connectivity index (χ1) is 9.22. The Morgan fingerprint density at radius 3 is 2.79 bits per heavy atom. The van der Waals surface area contributed by atoms with Crippen LogP contribution in [0.15, 0.2) is 24.3 Å². The van der Waals surface area contributed by atoms with Gasteiger partial charge in [0.2, 0.25) is 0 Å². The molecule has 19 heavy (non-hydrogen) atoms. The van der Waals surface area contributed by atoms with Crippen molar-refractivity contribution in [2.75, 3.05) is 26.7 Å². The Labute approximate surface area is 122 Å². The molecule has 0 aliphatic heterocycles. The van der Waals surface area contributed by atoms with Gasteiger partial charge >= 0.3 is 0 Å². The van der Waals surface area contributed by atoms with Crippen LogP contribution >= 0.6 is 11.6 Å². The van der Waals surface area contributed by atoms with Crippen molar-refractivity contribution in [1.29, 1.82) is 0 Å². The fraction of sp³-hybridized carbons (Fsp3) is 0.625. The highest BCUT2D eigenvalue weighted by atomic mass is 35.5. The van der Waals surface area contributed by atoms with Crippen molar-refractivity contribution >= 4 is 11.6 Å². The van der Waals surface area contributed by atoms with Crippen LogP contribution in [0.2, 0.25) is 5.02 Å². The Kier molecular flexibility index (Phi) is 5.68. The molecule has 0 radical (unpaired) electrons. The van der Waals surface area contributed by atoms with Crippen LogP contribution in [0.4, 0.5) is 0 Å². The number of benzene rings is 1. The van der Waals surface area contributed by atoms with E-state index in [2.05, 4.69) is 29.3 Å². The Hall–Kier alpha value is -0.570. The largest absolute Gasteiger partial charge is 0.313 e. The molecular weight excluding hydrogens is 256 g/mol. The number of nitrogens with zero attached hydrogens (tertiary/aromatic N) is 1. The van der Waals surface area contributed by atoms with Gasteiger partial charge in [0.25, 0.3) is 0 Å². The molecule has 0 amide bonds. The van der Waals surface area contributed by atoms with Crippen molar-refractivity contribution in [3.8, 4) is 0 Å². The van der Waals surface area contributed by atoms with E-state index in [9.17, 15) is 0 Å². The molecule has 2 rings (SSSR count). The fourth-order valence-electron chi connectivity index (χ4n) is 2.56. The number of nitrogens with one attached hydrogen (secondary N) is 1. The quantitative estimate of drug-likeness (QED) is 0.781. The van der Waals surface area contributed by atoms with Crippen molar-refractivity contribution in [2.24, 2.45) is 5.92 Å². The molecule has 0 bridgehead atoms. The van der Waals surface area contributed by atoms with Gasteiger partial charge in [0.15, 0.2) is 0 Å². The third kappa shape index (κ3) is 4.79. The van der Waals surface area contributed by atoms with E-state index >= 15 is 0 Å². The van der Waals surface area contributed by atoms with E-state index in [-0.39, 0.29) is 0 Å². The Morgan fingerprint density at radius 1 is 1.42 bits per heavy atom. The van der Waals surface area contributed by atoms with E-state index in [1.165, 1.54) is 24.9 Å². The summed E-state index contributed by atoms with van der Waals surface area (Å²) in [6.45, 7) is 5.85. The maximum atomic E-state index is 6.07. The minimum absolute atomic E-state index is 0.395. The Balaban J connectivity index is 1.87. The van der Waals surface area contributed by atoms with Gasteiger partial charge in [-0.15, -0.1) is 0 Å². The molecule has 1 aliphatic carbocycles. The topological polar surface area (TPSA) is 15.3 Å². The average Bonchev–Trinajstić information content (AvgIpc) is 3.22. The molecule has 1 aromatic rings. The highest BCUT2D eigenvalue weighted by molar-refractivity contribution is 6.30. The Bertz CT molecular complexity index is 390. The predicted molar refractivity (Wildman–Crippen MR) is 82.7 cm³/mol. The zero-order valence-corrected chi connectivity index (χ0v) is 12.8. The SMILES string of the molecule is CCN(CCC(NC)c1cccc(Cl)c1)CC1CC1. The van der Waals surface area contributed by atoms with Gasteiger partial charge in [0, 0.05) is 17.6 Å². The molecule has 1 fully saturated rings. The monoisotopic (exact) mass is 280 g/mol. The van der Waals surface area contributed by atoms with Crippen molar-refractivity contribution in [2.45, 2.75) is 32.2 Å². The van der Waals surface area contributed by atoms with Gasteiger partial charge in [0.05, 0.1) is 0 Å². The third-order valence-electron chi connectivity index (χ3n) is 3.99. The van der Waals surface area contributed by atoms with Gasteiger partial charge in [-0.05, 0) is 63.0 Å². The van der Waals surface area contributed by atoms with Crippen LogP contribution in [0.25, 0.3) is 0 Å². The average molecular weight is 281 g/mol. The number of hydrogen-bond donors (Lipinski definition) is 1. The molecule has 0 heterocycles. The number of hydrogen-bond acceptors (Lipinski definition) is 2. The molecule has 1 aromatic carbocycles. The van der Waals surface area contributed by atoms with Crippen molar-refractivity contribution in [3.63, 3.8) is 0 Å². The first-order valence-electron chi connectivity index (χ1n) is 7.38. The van der Waals surface area contributed by atoms with Crippen molar-refractivity contribution < 1.29 is 0 Å². The predicted octanol–water partition coefficient (Wildman–Crippen LogP) is 3.72. The molecule has 1 atom stereocenters. The van der Waals surface area contributed by atoms with E-state index in [1.54, 1.807) is 0 Å². The maximum Gasteiger partial charge on any atom is 0.0409 e. The van der Waals surface area contributed by atoms with E-state index < -0.39 is 0 Å². The van der Waals surface area contributed by atoms with E-state index in [1.807, 2.05) is 19.2 Å². The standard InChI is InChI=1S/C16H25ClN2/c1-3-19(12-13-7-8-13)10-9-16(18-2)14-5-4-6-15(17)11-14/h4-6,11,13,16,18H,3,7-10,12H2,1-2H3. The molecule has 106 valence electrons. The third-order valence-corrected chi connectivity index (χ3v) is 4.23. The summed E-state index contributed by atoms with van der Waals surface area (Å²) in [5.74, 6) is 0.971. The molecule has 1 N–H and O–H groups in total. The van der Waals surface area contributed by atoms with E-state index in [4.69, 9.17) is 11.6 Å². The van der Waals surface area contributed by atoms with Crippen LogP contribution in [0.5, 0.6) is 0 Å². The normalized spacial score (nSPS) is 16.8. The van der Waals surface area contributed by atoms with E-state index in [0.717, 1.165) is 30.5 Å². The summed E-state index contributed by atoms with van der Waals surface area (Å²) in [7, 11) is 2.03. The van der Waals surface area contributed by atoms with Crippen LogP contribution in [0.1, 0.15) is 37.8 Å². The summed E-state index contributed by atoms with van der Waals surface area (Å²) in [5, 5.41) is 4.23. The molecule has 3 heteroatoms. The molecule has 0 aromatic heterocycles. The zero-order valence-electron chi connectivity index (χ0n) is 12.0. The molecule has 2 nitrogen and oxygen atoms in total. The van der Waals surface area contributed by atoms with Gasteiger partial charge < -0.3 is 10.2 Å². The van der Waals surface area contributed by atoms with Crippen LogP contribution < -0.4 is 5.32 Å². The first-order valence-corrected chi connectivity index (χ1v) is 7.75. The van der Waals surface area contributed by atoms with Gasteiger partial charge in [-0.25, -0.2) is 0 Å². The fourth-order valence-corrected chi connectivity index (χ4v) is 2.76. The highest BCUT2D eigenvalue weighted by Gasteiger charge is 2.23. The summed E-state index contributed by atoms with van der Waals surface area (Å²) in [5.41, 5.74) is 1.29. The Morgan fingerprint density at radius 2 is 2.21 bits per heavy atom. The van der Waals surface area contributed by atoms with Gasteiger partial charge in [-0.2, -0.15) is 0 Å². The van der Waals surface area contributed by atoms with Crippen molar-refractivity contribution in [3.05, 3.63) is 34.9 Å². The van der Waals surface area contributed by atoms with Gasteiger partial charge in [-0.3, -0.25) is 0 Å². The highest BCUT2D eigenvalue weighted by Crippen LogP contribution is 2.30. The van der Waals surface area contributed by atoms with Gasteiger partial charge in [-0.1, -0.05) is 30.7 Å². The minimum Gasteiger partial charge on any atom is -0.313 e. The van der Waals surface area contributed by atoms with Crippen LogP contribution in [-0.4, -0.2) is 31.6 Å². The smallest absolute Gasteiger partial charge is 0.0409 e. The lowest BCUT2D eigenvalue weighted by Gasteiger charge is -2.24. The minimum atomic E-state index is 0.395. The summed E-state index contributed by atoms with van der Waals surface area (Å²) in [6.07, 6.45) is 4.00. The lowest BCUT2D eigenvalue weighted by atomic mass is 10.0. The molecule has 0 saturated heterocycles. The molecule has 1 unspecified atom stereocenters. The van der Waals surface area contributed by atoms with Crippen LogP contribution in [0.3, 0.4) is 0 Å². The lowest BCUT2D eigenvalue weighted by Crippen LogP contribution is -2.30.